The Bertz CT molecular complexity index is 450. The van der Waals surface area contributed by atoms with Crippen molar-refractivity contribution in [3.8, 4) is 0 Å². The molecule has 0 aromatic heterocycles. The molecule has 0 radical (unpaired) electrons. The van der Waals surface area contributed by atoms with Crippen LogP contribution >= 0.6 is 0 Å². The van der Waals surface area contributed by atoms with E-state index < -0.39 is 5.97 Å². The van der Waals surface area contributed by atoms with Crippen molar-refractivity contribution in [2.45, 2.75) is 0 Å². The second-order valence-corrected chi connectivity index (χ2v) is 3.68. The molecule has 1 aromatic carbocycles. The summed E-state index contributed by atoms with van der Waals surface area (Å²) in [5.41, 5.74) is 0.626. The maximum absolute atomic E-state index is 11.9. The Morgan fingerprint density at radius 1 is 1.18 bits per heavy atom. The van der Waals surface area contributed by atoms with Crippen LogP contribution in [0.15, 0.2) is 36.5 Å². The summed E-state index contributed by atoms with van der Waals surface area (Å²) in [5, 5.41) is 0. The van der Waals surface area contributed by atoms with Gasteiger partial charge in [-0.15, -0.1) is 0 Å². The molecule has 0 amide bonds. The van der Waals surface area contributed by atoms with Crippen molar-refractivity contribution < 1.29 is 14.3 Å². The number of carbonyl (C=O) groups excluding carboxylic acids is 2. The third-order valence-electron chi connectivity index (χ3n) is 2.12. The zero-order valence-corrected chi connectivity index (χ0v) is 10.1. The first-order valence-electron chi connectivity index (χ1n) is 5.12. The number of hydrogen-bond donors (Lipinski definition) is 0. The number of allylic oxidation sites excluding steroid dienone is 1. The molecule has 4 heteroatoms. The zero-order chi connectivity index (χ0) is 12.8. The van der Waals surface area contributed by atoms with Crippen molar-refractivity contribution in [1.29, 1.82) is 0 Å². The average molecular weight is 233 g/mol. The van der Waals surface area contributed by atoms with E-state index in [0.717, 1.165) is 0 Å². The van der Waals surface area contributed by atoms with E-state index in [1.54, 1.807) is 35.4 Å². The number of methoxy groups -OCH3 is 1. The Labute approximate surface area is 100 Å². The minimum atomic E-state index is -0.507. The van der Waals surface area contributed by atoms with E-state index in [0.29, 0.717) is 5.56 Å². The molecule has 0 fully saturated rings. The van der Waals surface area contributed by atoms with Gasteiger partial charge in [0, 0.05) is 31.9 Å². The van der Waals surface area contributed by atoms with Crippen molar-refractivity contribution in [1.82, 2.24) is 4.90 Å². The van der Waals surface area contributed by atoms with Gasteiger partial charge in [-0.05, 0) is 6.07 Å². The van der Waals surface area contributed by atoms with Crippen molar-refractivity contribution >= 4 is 11.8 Å². The number of rotatable bonds is 4. The van der Waals surface area contributed by atoms with Gasteiger partial charge in [-0.25, -0.2) is 4.79 Å². The summed E-state index contributed by atoms with van der Waals surface area (Å²) < 4.78 is 4.63. The third-order valence-corrected chi connectivity index (χ3v) is 2.12. The molecule has 0 bridgehead atoms. The molecule has 4 nitrogen and oxygen atoms in total. The average Bonchev–Trinajstić information content (AvgIpc) is 2.34. The van der Waals surface area contributed by atoms with Gasteiger partial charge in [0.1, 0.15) is 0 Å². The minimum Gasteiger partial charge on any atom is -0.465 e. The van der Waals surface area contributed by atoms with E-state index in [1.807, 2.05) is 14.1 Å². The lowest BCUT2D eigenvalue weighted by Gasteiger charge is -2.06. The van der Waals surface area contributed by atoms with Crippen LogP contribution in [0.5, 0.6) is 0 Å². The molecule has 0 aliphatic carbocycles. The lowest BCUT2D eigenvalue weighted by Crippen LogP contribution is -2.10. The van der Waals surface area contributed by atoms with Crippen molar-refractivity contribution in [3.05, 3.63) is 47.7 Å². The SMILES string of the molecule is COC(=O)c1ccccc1C(=O)C=CN(C)C. The summed E-state index contributed by atoms with van der Waals surface area (Å²) >= 11 is 0. The fourth-order valence-corrected chi connectivity index (χ4v) is 1.29. The molecule has 0 atom stereocenters. The van der Waals surface area contributed by atoms with E-state index >= 15 is 0 Å². The van der Waals surface area contributed by atoms with Gasteiger partial charge in [-0.2, -0.15) is 0 Å². The van der Waals surface area contributed by atoms with Gasteiger partial charge >= 0.3 is 5.97 Å². The van der Waals surface area contributed by atoms with Crippen LogP contribution in [0.4, 0.5) is 0 Å². The first-order chi connectivity index (χ1) is 8.06. The van der Waals surface area contributed by atoms with E-state index in [1.165, 1.54) is 13.2 Å². The lowest BCUT2D eigenvalue weighted by atomic mass is 10.0. The number of benzene rings is 1. The highest BCUT2D eigenvalue weighted by molar-refractivity contribution is 6.11. The van der Waals surface area contributed by atoms with Crippen LogP contribution in [0.3, 0.4) is 0 Å². The van der Waals surface area contributed by atoms with E-state index in [-0.39, 0.29) is 11.3 Å². The van der Waals surface area contributed by atoms with Gasteiger partial charge in [0.05, 0.1) is 12.7 Å². The number of carbonyl (C=O) groups is 2. The molecule has 1 aromatic rings. The predicted octanol–water partition coefficient (Wildman–Crippen LogP) is 1.73. The Kier molecular flexibility index (Phi) is 4.46. The molecule has 17 heavy (non-hydrogen) atoms. The number of ketones is 1. The highest BCUT2D eigenvalue weighted by atomic mass is 16.5. The fraction of sp³-hybridized carbons (Fsp3) is 0.231. The minimum absolute atomic E-state index is 0.222. The monoisotopic (exact) mass is 233 g/mol. The van der Waals surface area contributed by atoms with Crippen LogP contribution in [-0.2, 0) is 4.74 Å². The highest BCUT2D eigenvalue weighted by Gasteiger charge is 2.14. The summed E-state index contributed by atoms with van der Waals surface area (Å²) in [6.07, 6.45) is 3.05. The molecular formula is C13H15NO3. The lowest BCUT2D eigenvalue weighted by molar-refractivity contribution is 0.0597. The molecular weight excluding hydrogens is 218 g/mol. The van der Waals surface area contributed by atoms with E-state index in [2.05, 4.69) is 4.74 Å². The summed E-state index contributed by atoms with van der Waals surface area (Å²) in [7, 11) is 4.92. The molecule has 0 saturated heterocycles. The molecule has 0 saturated carbocycles. The third kappa shape index (κ3) is 3.45. The van der Waals surface area contributed by atoms with Crippen LogP contribution < -0.4 is 0 Å². The van der Waals surface area contributed by atoms with Crippen LogP contribution in [-0.4, -0.2) is 37.9 Å². The number of nitrogens with zero attached hydrogens (tertiary/aromatic N) is 1. The molecule has 90 valence electrons. The standard InChI is InChI=1S/C13H15NO3/c1-14(2)9-8-12(15)10-6-4-5-7-11(10)13(16)17-3/h4-9H,1-3H3. The Hall–Kier alpha value is -2.10. The summed E-state index contributed by atoms with van der Waals surface area (Å²) in [5.74, 6) is -0.730. The van der Waals surface area contributed by atoms with Crippen LogP contribution in [0, 0.1) is 0 Å². The van der Waals surface area contributed by atoms with Crippen LogP contribution in [0.2, 0.25) is 0 Å². The summed E-state index contributed by atoms with van der Waals surface area (Å²) in [6, 6.07) is 6.58. The largest absolute Gasteiger partial charge is 0.465 e. The Morgan fingerprint density at radius 3 is 2.29 bits per heavy atom. The molecule has 1 rings (SSSR count). The number of esters is 1. The molecule has 0 heterocycles. The molecule has 0 spiro atoms. The van der Waals surface area contributed by atoms with Crippen LogP contribution in [0.25, 0.3) is 0 Å². The maximum Gasteiger partial charge on any atom is 0.338 e. The number of hydrogen-bond acceptors (Lipinski definition) is 4. The second-order valence-electron chi connectivity index (χ2n) is 3.68. The number of ether oxygens (including phenoxy) is 1. The second kappa shape index (κ2) is 5.84. The summed E-state index contributed by atoms with van der Waals surface area (Å²) in [6.45, 7) is 0. The maximum atomic E-state index is 11.9. The Balaban J connectivity index is 3.05. The normalized spacial score (nSPS) is 10.3. The first-order valence-corrected chi connectivity index (χ1v) is 5.12. The van der Waals surface area contributed by atoms with Gasteiger partial charge in [0.15, 0.2) is 5.78 Å². The van der Waals surface area contributed by atoms with E-state index in [9.17, 15) is 9.59 Å². The molecule has 0 aliphatic rings. The predicted molar refractivity (Wildman–Crippen MR) is 64.9 cm³/mol. The smallest absolute Gasteiger partial charge is 0.338 e. The van der Waals surface area contributed by atoms with Gasteiger partial charge < -0.3 is 9.64 Å². The molecule has 0 N–H and O–H groups in total. The van der Waals surface area contributed by atoms with Crippen molar-refractivity contribution in [3.63, 3.8) is 0 Å². The summed E-state index contributed by atoms with van der Waals surface area (Å²) in [4.78, 5) is 25.1. The van der Waals surface area contributed by atoms with E-state index in [4.69, 9.17) is 0 Å². The fourth-order valence-electron chi connectivity index (χ4n) is 1.29. The van der Waals surface area contributed by atoms with Gasteiger partial charge in [0.2, 0.25) is 0 Å². The Morgan fingerprint density at radius 2 is 1.76 bits per heavy atom. The topological polar surface area (TPSA) is 46.6 Å². The van der Waals surface area contributed by atoms with Gasteiger partial charge in [-0.3, -0.25) is 4.79 Å². The highest BCUT2D eigenvalue weighted by Crippen LogP contribution is 2.11. The van der Waals surface area contributed by atoms with Crippen molar-refractivity contribution in [2.24, 2.45) is 0 Å². The van der Waals surface area contributed by atoms with Crippen molar-refractivity contribution in [2.75, 3.05) is 21.2 Å². The first kappa shape index (κ1) is 13.0. The van der Waals surface area contributed by atoms with Gasteiger partial charge in [0.25, 0.3) is 0 Å². The quantitative estimate of drug-likeness (QED) is 0.451. The zero-order valence-electron chi connectivity index (χ0n) is 10.1. The van der Waals surface area contributed by atoms with Crippen LogP contribution in [0.1, 0.15) is 20.7 Å². The molecule has 0 aliphatic heterocycles. The molecule has 0 unspecified atom stereocenters. The van der Waals surface area contributed by atoms with Gasteiger partial charge in [-0.1, -0.05) is 18.2 Å².